The highest BCUT2D eigenvalue weighted by Crippen LogP contribution is 2.33. The van der Waals surface area contributed by atoms with Gasteiger partial charge >= 0.3 is 0 Å². The minimum atomic E-state index is -0.487. The summed E-state index contributed by atoms with van der Waals surface area (Å²) in [6.45, 7) is 9.04. The predicted molar refractivity (Wildman–Crippen MR) is 135 cm³/mol. The smallest absolute Gasteiger partial charge is 0.248 e. The van der Waals surface area contributed by atoms with Gasteiger partial charge in [0.2, 0.25) is 5.91 Å². The number of fused-ring (bicyclic) bond motifs is 1. The zero-order valence-electron chi connectivity index (χ0n) is 18.9. The molecule has 3 aromatic rings. The molecule has 0 radical (unpaired) electrons. The molecule has 0 atom stereocenters. The lowest BCUT2D eigenvalue weighted by molar-refractivity contribution is -0.111. The zero-order chi connectivity index (χ0) is 23.8. The number of rotatable bonds is 11. The van der Waals surface area contributed by atoms with Gasteiger partial charge in [0.05, 0.1) is 15.4 Å². The molecule has 2 aromatic heterocycles. The van der Waals surface area contributed by atoms with Crippen LogP contribution in [-0.4, -0.2) is 65.4 Å². The van der Waals surface area contributed by atoms with Crippen LogP contribution in [0.4, 0.5) is 20.9 Å². The molecule has 0 fully saturated rings. The maximum Gasteiger partial charge on any atom is 0.248 e. The van der Waals surface area contributed by atoms with Gasteiger partial charge in [-0.05, 0) is 44.4 Å². The fourth-order valence-corrected chi connectivity index (χ4v) is 4.26. The molecule has 0 saturated carbocycles. The number of benzene rings is 1. The third kappa shape index (κ3) is 7.20. The van der Waals surface area contributed by atoms with Crippen molar-refractivity contribution in [2.45, 2.75) is 13.8 Å². The first-order valence-electron chi connectivity index (χ1n) is 10.7. The molecule has 0 aliphatic heterocycles. The number of amides is 1. The van der Waals surface area contributed by atoms with Crippen LogP contribution >= 0.6 is 22.9 Å². The molecule has 7 nitrogen and oxygen atoms in total. The summed E-state index contributed by atoms with van der Waals surface area (Å²) in [5.41, 5.74) is 0.603. The van der Waals surface area contributed by atoms with Crippen LogP contribution in [0.2, 0.25) is 5.02 Å². The predicted octanol–water partition coefficient (Wildman–Crippen LogP) is 5.00. The summed E-state index contributed by atoms with van der Waals surface area (Å²) < 4.78 is 13.4. The Hall–Kier alpha value is -2.59. The fraction of sp³-hybridized carbons (Fsp3) is 0.348. The summed E-state index contributed by atoms with van der Waals surface area (Å²) in [5.74, 6) is -0.144. The summed E-state index contributed by atoms with van der Waals surface area (Å²) in [4.78, 5) is 26.2. The molecular formula is C23H28ClFN6OS. The molecule has 2 heterocycles. The zero-order valence-corrected chi connectivity index (χ0v) is 20.5. The number of likely N-dealkylation sites (N-methyl/N-ethyl adjacent to an activating group) is 2. The van der Waals surface area contributed by atoms with Gasteiger partial charge in [-0.3, -0.25) is 4.79 Å². The van der Waals surface area contributed by atoms with Crippen molar-refractivity contribution in [1.82, 2.24) is 19.8 Å². The molecule has 176 valence electrons. The van der Waals surface area contributed by atoms with E-state index in [2.05, 4.69) is 44.2 Å². The van der Waals surface area contributed by atoms with E-state index in [1.54, 1.807) is 12.1 Å². The van der Waals surface area contributed by atoms with Crippen molar-refractivity contribution in [2.24, 2.45) is 0 Å². The van der Waals surface area contributed by atoms with Crippen molar-refractivity contribution < 1.29 is 9.18 Å². The van der Waals surface area contributed by atoms with Crippen molar-refractivity contribution >= 4 is 55.6 Å². The number of anilines is 3. The second-order valence-corrected chi connectivity index (χ2v) is 8.92. The monoisotopic (exact) mass is 490 g/mol. The van der Waals surface area contributed by atoms with Gasteiger partial charge in [0.15, 0.2) is 0 Å². The van der Waals surface area contributed by atoms with Crippen LogP contribution in [-0.2, 0) is 4.79 Å². The fourth-order valence-electron chi connectivity index (χ4n) is 3.17. The number of nitrogens with zero attached hydrogens (tertiary/aromatic N) is 4. The van der Waals surface area contributed by atoms with Crippen LogP contribution in [0.25, 0.3) is 10.2 Å². The molecule has 0 bridgehead atoms. The molecule has 3 rings (SSSR count). The molecule has 2 N–H and O–H groups in total. The van der Waals surface area contributed by atoms with Crippen molar-refractivity contribution in [3.8, 4) is 0 Å². The van der Waals surface area contributed by atoms with E-state index in [4.69, 9.17) is 11.6 Å². The second-order valence-electron chi connectivity index (χ2n) is 7.49. The van der Waals surface area contributed by atoms with Crippen LogP contribution in [0.1, 0.15) is 13.8 Å². The number of hydrogen-bond donors (Lipinski definition) is 2. The number of halogens is 2. The molecule has 10 heteroatoms. The van der Waals surface area contributed by atoms with Gasteiger partial charge in [-0.2, -0.15) is 0 Å². The minimum Gasteiger partial charge on any atom is -0.340 e. The third-order valence-corrected chi connectivity index (χ3v) is 6.38. The topological polar surface area (TPSA) is 73.4 Å². The van der Waals surface area contributed by atoms with Crippen LogP contribution < -0.4 is 10.6 Å². The van der Waals surface area contributed by atoms with Gasteiger partial charge in [0.1, 0.15) is 22.8 Å². The number of thiophene rings is 1. The van der Waals surface area contributed by atoms with E-state index in [0.717, 1.165) is 36.4 Å². The van der Waals surface area contributed by atoms with Crippen molar-refractivity contribution in [3.05, 3.63) is 53.6 Å². The lowest BCUT2D eigenvalue weighted by Gasteiger charge is -2.22. The van der Waals surface area contributed by atoms with Crippen LogP contribution in [0.5, 0.6) is 0 Å². The Morgan fingerprint density at radius 3 is 2.73 bits per heavy atom. The molecule has 33 heavy (non-hydrogen) atoms. The average molecular weight is 491 g/mol. The van der Waals surface area contributed by atoms with Gasteiger partial charge in [-0.25, -0.2) is 14.4 Å². The standard InChI is InChI=1S/C23H28ClFN6OS/c1-4-31(5-2)12-11-30(3)10-6-7-20(32)29-21-14-17-22(26-15-27-23(17)33-21)28-16-8-9-19(25)18(24)13-16/h6-9,13-15H,4-5,10-12H2,1-3H3,(H,29,32)(H,26,27,28)/b7-6+. The quantitative estimate of drug-likeness (QED) is 0.369. The molecule has 0 unspecified atom stereocenters. The van der Waals surface area contributed by atoms with Gasteiger partial charge in [0.25, 0.3) is 0 Å². The Morgan fingerprint density at radius 1 is 1.21 bits per heavy atom. The maximum absolute atomic E-state index is 13.4. The number of nitrogens with one attached hydrogen (secondary N) is 2. The molecule has 0 saturated heterocycles. The van der Waals surface area contributed by atoms with E-state index in [1.807, 2.05) is 19.2 Å². The normalized spacial score (nSPS) is 11.7. The Kier molecular flexibility index (Phi) is 9.13. The van der Waals surface area contributed by atoms with Crippen LogP contribution in [0.3, 0.4) is 0 Å². The van der Waals surface area contributed by atoms with Crippen molar-refractivity contribution in [1.29, 1.82) is 0 Å². The van der Waals surface area contributed by atoms with E-state index in [0.29, 0.717) is 23.1 Å². The summed E-state index contributed by atoms with van der Waals surface area (Å²) >= 11 is 7.21. The summed E-state index contributed by atoms with van der Waals surface area (Å²) in [6, 6.07) is 6.17. The molecular weight excluding hydrogens is 463 g/mol. The number of carbonyl (C=O) groups excluding carboxylic acids is 1. The second kappa shape index (κ2) is 12.0. The van der Waals surface area contributed by atoms with Gasteiger partial charge in [-0.15, -0.1) is 0 Å². The van der Waals surface area contributed by atoms with Gasteiger partial charge in [0, 0.05) is 31.4 Å². The summed E-state index contributed by atoms with van der Waals surface area (Å²) in [5, 5.41) is 7.44. The minimum absolute atomic E-state index is 0.0223. The van der Waals surface area contributed by atoms with Gasteiger partial charge in [-0.1, -0.05) is 42.9 Å². The molecule has 0 spiro atoms. The third-order valence-electron chi connectivity index (χ3n) is 5.14. The first-order chi connectivity index (χ1) is 15.9. The number of aromatic nitrogens is 2. The Balaban J connectivity index is 1.59. The maximum atomic E-state index is 13.4. The highest BCUT2D eigenvalue weighted by Gasteiger charge is 2.11. The first-order valence-corrected chi connectivity index (χ1v) is 11.9. The van der Waals surface area contributed by atoms with Crippen LogP contribution in [0, 0.1) is 5.82 Å². The lowest BCUT2D eigenvalue weighted by Crippen LogP contribution is -2.33. The summed E-state index contributed by atoms with van der Waals surface area (Å²) in [6.07, 6.45) is 4.84. The van der Waals surface area contributed by atoms with Gasteiger partial charge < -0.3 is 20.4 Å². The summed E-state index contributed by atoms with van der Waals surface area (Å²) in [7, 11) is 2.04. The van der Waals surface area contributed by atoms with E-state index in [1.165, 1.54) is 29.8 Å². The van der Waals surface area contributed by atoms with E-state index < -0.39 is 5.82 Å². The molecule has 0 aliphatic carbocycles. The first kappa shape index (κ1) is 25.0. The number of hydrogen-bond acceptors (Lipinski definition) is 7. The molecule has 1 aromatic carbocycles. The van der Waals surface area contributed by atoms with E-state index in [9.17, 15) is 9.18 Å². The van der Waals surface area contributed by atoms with Crippen molar-refractivity contribution in [3.63, 3.8) is 0 Å². The molecule has 0 aliphatic rings. The average Bonchev–Trinajstić information content (AvgIpc) is 3.20. The lowest BCUT2D eigenvalue weighted by atomic mass is 10.3. The highest BCUT2D eigenvalue weighted by atomic mass is 35.5. The van der Waals surface area contributed by atoms with Crippen LogP contribution in [0.15, 0.2) is 42.7 Å². The Morgan fingerprint density at radius 2 is 2.00 bits per heavy atom. The number of carbonyl (C=O) groups is 1. The SMILES string of the molecule is CCN(CC)CCN(C)C/C=C/C(=O)Nc1cc2c(Nc3ccc(F)c(Cl)c3)ncnc2s1. The Bertz CT molecular complexity index is 1120. The highest BCUT2D eigenvalue weighted by molar-refractivity contribution is 7.22. The molecule has 1 amide bonds. The van der Waals surface area contributed by atoms with Crippen molar-refractivity contribution in [2.75, 3.05) is 50.4 Å². The largest absolute Gasteiger partial charge is 0.340 e. The Labute approximate surface area is 202 Å². The van der Waals surface area contributed by atoms with E-state index >= 15 is 0 Å². The van der Waals surface area contributed by atoms with E-state index in [-0.39, 0.29) is 10.9 Å².